The normalized spacial score (nSPS) is 13.4. The molecule has 0 rings (SSSR count). The summed E-state index contributed by atoms with van der Waals surface area (Å²) in [7, 11) is 1.56. The fraction of sp³-hybridized carbons (Fsp3) is 0.889. The van der Waals surface area contributed by atoms with Crippen molar-refractivity contribution in [1.82, 2.24) is 16.0 Å². The van der Waals surface area contributed by atoms with Gasteiger partial charge in [-0.1, -0.05) is 0 Å². The second-order valence-electron chi connectivity index (χ2n) is 4.43. The van der Waals surface area contributed by atoms with E-state index >= 15 is 0 Å². The van der Waals surface area contributed by atoms with Crippen LogP contribution in [0.4, 0.5) is 4.79 Å². The maximum Gasteiger partial charge on any atom is 0.347 e. The molecular weight excluding hydrogens is 212 g/mol. The number of ether oxygens (including phenoxy) is 1. The number of urea groups is 1. The third kappa shape index (κ3) is 5.86. The van der Waals surface area contributed by atoms with Crippen LogP contribution in [-0.4, -0.2) is 36.4 Å². The standard InChI is InChI=1S/C9H22N4O3/c1-7(6-15-5)13(8(14)11-10)12-16-9(2,3)4/h7,12H,6,10H2,1-5H3,(H,11,14). The van der Waals surface area contributed by atoms with Gasteiger partial charge in [0, 0.05) is 7.11 Å². The Morgan fingerprint density at radius 3 is 2.44 bits per heavy atom. The third-order valence-electron chi connectivity index (χ3n) is 1.64. The zero-order chi connectivity index (χ0) is 12.8. The first-order valence-electron chi connectivity index (χ1n) is 5.04. The van der Waals surface area contributed by atoms with Crippen LogP contribution >= 0.6 is 0 Å². The van der Waals surface area contributed by atoms with Crippen LogP contribution in [0.5, 0.6) is 0 Å². The van der Waals surface area contributed by atoms with Crippen molar-refractivity contribution in [3.63, 3.8) is 0 Å². The van der Waals surface area contributed by atoms with Gasteiger partial charge in [-0.2, -0.15) is 0 Å². The van der Waals surface area contributed by atoms with Crippen LogP contribution < -0.4 is 16.9 Å². The molecule has 4 N–H and O–H groups in total. The molecule has 0 bridgehead atoms. The second kappa shape index (κ2) is 6.64. The Morgan fingerprint density at radius 1 is 1.50 bits per heavy atom. The van der Waals surface area contributed by atoms with E-state index < -0.39 is 11.6 Å². The van der Waals surface area contributed by atoms with Crippen LogP contribution in [0.3, 0.4) is 0 Å². The van der Waals surface area contributed by atoms with Gasteiger partial charge >= 0.3 is 6.03 Å². The Balaban J connectivity index is 4.38. The minimum atomic E-state index is -0.492. The number of nitrogens with zero attached hydrogens (tertiary/aromatic N) is 1. The lowest BCUT2D eigenvalue weighted by Gasteiger charge is -2.31. The lowest BCUT2D eigenvalue weighted by molar-refractivity contribution is -0.151. The topological polar surface area (TPSA) is 88.9 Å². The predicted molar refractivity (Wildman–Crippen MR) is 59.9 cm³/mol. The molecule has 0 heterocycles. The minimum Gasteiger partial charge on any atom is -0.382 e. The molecule has 0 aliphatic rings. The van der Waals surface area contributed by atoms with Gasteiger partial charge in [-0.3, -0.25) is 10.3 Å². The summed E-state index contributed by atoms with van der Waals surface area (Å²) in [6, 6.07) is -0.704. The average Bonchev–Trinajstić information content (AvgIpc) is 2.16. The average molecular weight is 234 g/mol. The molecular formula is C9H22N4O3. The number of hydrogen-bond donors (Lipinski definition) is 3. The van der Waals surface area contributed by atoms with Gasteiger partial charge in [0.25, 0.3) is 0 Å². The summed E-state index contributed by atoms with van der Waals surface area (Å²) in [5.41, 5.74) is 4.17. The van der Waals surface area contributed by atoms with Crippen molar-refractivity contribution in [3.8, 4) is 0 Å². The van der Waals surface area contributed by atoms with Gasteiger partial charge in [-0.15, -0.1) is 5.59 Å². The molecule has 96 valence electrons. The summed E-state index contributed by atoms with van der Waals surface area (Å²) < 4.78 is 4.95. The Labute approximate surface area is 96.1 Å². The van der Waals surface area contributed by atoms with E-state index in [-0.39, 0.29) is 6.04 Å². The van der Waals surface area contributed by atoms with Crippen LogP contribution in [0.2, 0.25) is 0 Å². The molecule has 0 saturated carbocycles. The van der Waals surface area contributed by atoms with Crippen LogP contribution in [0, 0.1) is 0 Å². The first kappa shape index (κ1) is 15.1. The van der Waals surface area contributed by atoms with Gasteiger partial charge in [0.05, 0.1) is 18.2 Å². The van der Waals surface area contributed by atoms with E-state index in [1.165, 1.54) is 5.01 Å². The first-order valence-corrected chi connectivity index (χ1v) is 5.04. The lowest BCUT2D eigenvalue weighted by atomic mass is 10.2. The molecule has 7 nitrogen and oxygen atoms in total. The van der Waals surface area contributed by atoms with Gasteiger partial charge in [0.1, 0.15) is 0 Å². The third-order valence-corrected chi connectivity index (χ3v) is 1.64. The number of carbonyl (C=O) groups excluding carboxylic acids is 1. The lowest BCUT2D eigenvalue weighted by Crippen LogP contribution is -2.56. The van der Waals surface area contributed by atoms with Gasteiger partial charge in [-0.05, 0) is 27.7 Å². The monoisotopic (exact) mass is 234 g/mol. The molecule has 0 aliphatic carbocycles. The molecule has 16 heavy (non-hydrogen) atoms. The molecule has 0 aromatic heterocycles. The number of nitrogens with two attached hydrogens (primary N) is 1. The summed E-state index contributed by atoms with van der Waals surface area (Å²) in [5, 5.41) is 1.23. The molecule has 7 heteroatoms. The summed E-state index contributed by atoms with van der Waals surface area (Å²) >= 11 is 0. The Morgan fingerprint density at radius 2 is 2.06 bits per heavy atom. The SMILES string of the molecule is COCC(C)N(NOC(C)(C)C)C(=O)NN. The highest BCUT2D eigenvalue weighted by Gasteiger charge is 2.22. The highest BCUT2D eigenvalue weighted by Crippen LogP contribution is 2.06. The van der Waals surface area contributed by atoms with Gasteiger partial charge in [-0.25, -0.2) is 15.6 Å². The van der Waals surface area contributed by atoms with Crippen molar-refractivity contribution in [2.24, 2.45) is 5.84 Å². The van der Waals surface area contributed by atoms with E-state index in [1.807, 2.05) is 26.2 Å². The Hall–Kier alpha value is -0.890. The molecule has 0 aromatic rings. The summed E-state index contributed by atoms with van der Waals surface area (Å²) in [5.74, 6) is 5.07. The van der Waals surface area contributed by atoms with Crippen molar-refractivity contribution >= 4 is 6.03 Å². The van der Waals surface area contributed by atoms with Crippen molar-refractivity contribution in [2.75, 3.05) is 13.7 Å². The first-order chi connectivity index (χ1) is 7.31. The second-order valence-corrected chi connectivity index (χ2v) is 4.43. The quantitative estimate of drug-likeness (QED) is 0.358. The zero-order valence-electron chi connectivity index (χ0n) is 10.5. The van der Waals surface area contributed by atoms with Crippen LogP contribution in [0.1, 0.15) is 27.7 Å². The molecule has 0 aliphatic heterocycles. The smallest absolute Gasteiger partial charge is 0.347 e. The Kier molecular flexibility index (Phi) is 6.27. The largest absolute Gasteiger partial charge is 0.382 e. The molecule has 0 saturated heterocycles. The summed E-state index contributed by atoms with van der Waals surface area (Å²) in [6.07, 6.45) is 0. The maximum absolute atomic E-state index is 11.4. The fourth-order valence-electron chi connectivity index (χ4n) is 0.903. The van der Waals surface area contributed by atoms with Crippen molar-refractivity contribution in [2.45, 2.75) is 39.3 Å². The molecule has 0 spiro atoms. The van der Waals surface area contributed by atoms with E-state index in [2.05, 4.69) is 5.59 Å². The van der Waals surface area contributed by atoms with Crippen LogP contribution in [-0.2, 0) is 9.57 Å². The Bertz CT molecular complexity index is 217. The number of methoxy groups -OCH3 is 1. The van der Waals surface area contributed by atoms with E-state index in [9.17, 15) is 4.79 Å². The maximum atomic E-state index is 11.4. The molecule has 0 radical (unpaired) electrons. The predicted octanol–water partition coefficient (Wildman–Crippen LogP) is 0.141. The number of rotatable bonds is 5. The van der Waals surface area contributed by atoms with Crippen LogP contribution in [0.25, 0.3) is 0 Å². The molecule has 1 atom stereocenters. The van der Waals surface area contributed by atoms with Crippen molar-refractivity contribution < 1.29 is 14.4 Å². The van der Waals surface area contributed by atoms with E-state index in [0.717, 1.165) is 0 Å². The summed E-state index contributed by atoms with van der Waals surface area (Å²) in [4.78, 5) is 16.7. The van der Waals surface area contributed by atoms with Crippen LogP contribution in [0.15, 0.2) is 0 Å². The minimum absolute atomic E-state index is 0.212. The summed E-state index contributed by atoms with van der Waals surface area (Å²) in [6.45, 7) is 7.75. The molecule has 0 aromatic carbocycles. The van der Waals surface area contributed by atoms with Gasteiger partial charge in [0.2, 0.25) is 0 Å². The van der Waals surface area contributed by atoms with Gasteiger partial charge < -0.3 is 4.74 Å². The van der Waals surface area contributed by atoms with Gasteiger partial charge in [0.15, 0.2) is 0 Å². The van der Waals surface area contributed by atoms with E-state index in [1.54, 1.807) is 14.0 Å². The molecule has 1 unspecified atom stereocenters. The highest BCUT2D eigenvalue weighted by atomic mass is 16.7. The van der Waals surface area contributed by atoms with E-state index in [4.69, 9.17) is 15.4 Å². The molecule has 2 amide bonds. The number of hydrogen-bond acceptors (Lipinski definition) is 5. The van der Waals surface area contributed by atoms with E-state index in [0.29, 0.717) is 6.61 Å². The number of carbonyl (C=O) groups is 1. The number of amides is 2. The molecule has 0 fully saturated rings. The van der Waals surface area contributed by atoms with Crippen molar-refractivity contribution in [1.29, 1.82) is 0 Å². The zero-order valence-corrected chi connectivity index (χ0v) is 10.5. The number of nitrogens with one attached hydrogen (secondary N) is 2. The fourth-order valence-corrected chi connectivity index (χ4v) is 0.903. The number of hydrazine groups is 2. The highest BCUT2D eigenvalue weighted by molar-refractivity contribution is 5.73. The van der Waals surface area contributed by atoms with Crippen molar-refractivity contribution in [3.05, 3.63) is 0 Å².